The van der Waals surface area contributed by atoms with Crippen molar-refractivity contribution in [2.75, 3.05) is 18.5 Å². The van der Waals surface area contributed by atoms with Gasteiger partial charge in [-0.3, -0.25) is 30.0 Å². The number of hydrogen-bond acceptors (Lipinski definition) is 7. The third-order valence-corrected chi connectivity index (χ3v) is 4.45. The van der Waals surface area contributed by atoms with E-state index in [0.29, 0.717) is 23.4 Å². The number of anilines is 1. The number of ether oxygens (including phenoxy) is 2. The first-order valence-electron chi connectivity index (χ1n) is 11.1. The second-order valence-electron chi connectivity index (χ2n) is 8.00. The number of rotatable bonds is 11. The van der Waals surface area contributed by atoms with Crippen LogP contribution in [0.25, 0.3) is 0 Å². The summed E-state index contributed by atoms with van der Waals surface area (Å²) in [5.41, 5.74) is 5.62. The van der Waals surface area contributed by atoms with Crippen LogP contribution in [0.4, 0.5) is 5.69 Å². The van der Waals surface area contributed by atoms with Gasteiger partial charge in [0.2, 0.25) is 5.91 Å². The van der Waals surface area contributed by atoms with Crippen LogP contribution in [0.3, 0.4) is 0 Å². The molecule has 0 aliphatic rings. The highest BCUT2D eigenvalue weighted by atomic mass is 16.5. The molecule has 3 amide bonds. The Morgan fingerprint density at radius 3 is 2.11 bits per heavy atom. The highest BCUT2D eigenvalue weighted by Crippen LogP contribution is 2.12. The molecule has 3 N–H and O–H groups in total. The summed E-state index contributed by atoms with van der Waals surface area (Å²) in [6.07, 6.45) is 0.223. The van der Waals surface area contributed by atoms with Gasteiger partial charge in [0.15, 0.2) is 6.61 Å². The van der Waals surface area contributed by atoms with Gasteiger partial charge in [-0.15, -0.1) is 0 Å². The SMILES string of the molecule is CC(C)COC(=O)c1ccc(NC(=O)CCCC(=O)OCC(=O)NNC(=O)c2ccccc2)cc1. The average molecular weight is 484 g/mol. The van der Waals surface area contributed by atoms with Gasteiger partial charge in [-0.05, 0) is 48.7 Å². The van der Waals surface area contributed by atoms with Gasteiger partial charge in [-0.1, -0.05) is 32.0 Å². The molecular formula is C25H29N3O7. The van der Waals surface area contributed by atoms with E-state index in [-0.39, 0.29) is 31.1 Å². The highest BCUT2D eigenvalue weighted by molar-refractivity contribution is 5.95. The quantitative estimate of drug-likeness (QED) is 0.330. The molecule has 2 aromatic rings. The summed E-state index contributed by atoms with van der Waals surface area (Å²) >= 11 is 0. The molecule has 0 unspecified atom stereocenters. The van der Waals surface area contributed by atoms with Gasteiger partial charge in [-0.2, -0.15) is 0 Å². The van der Waals surface area contributed by atoms with Crippen molar-refractivity contribution in [3.63, 3.8) is 0 Å². The second-order valence-corrected chi connectivity index (χ2v) is 8.00. The molecule has 2 rings (SSSR count). The van der Waals surface area contributed by atoms with Gasteiger partial charge < -0.3 is 14.8 Å². The maximum atomic E-state index is 12.1. The molecule has 0 bridgehead atoms. The minimum absolute atomic E-state index is 0.0578. The van der Waals surface area contributed by atoms with Crippen LogP contribution >= 0.6 is 0 Å². The van der Waals surface area contributed by atoms with Crippen LogP contribution in [0.1, 0.15) is 53.8 Å². The number of esters is 2. The Kier molecular flexibility index (Phi) is 10.9. The van der Waals surface area contributed by atoms with Crippen molar-refractivity contribution in [2.45, 2.75) is 33.1 Å². The van der Waals surface area contributed by atoms with Gasteiger partial charge >= 0.3 is 11.9 Å². The molecule has 0 saturated heterocycles. The third kappa shape index (κ3) is 10.5. The fourth-order valence-corrected chi connectivity index (χ4v) is 2.67. The highest BCUT2D eigenvalue weighted by Gasteiger charge is 2.12. The summed E-state index contributed by atoms with van der Waals surface area (Å²) in [7, 11) is 0. The predicted octanol–water partition coefficient (Wildman–Crippen LogP) is 2.61. The summed E-state index contributed by atoms with van der Waals surface area (Å²) in [5.74, 6) is -2.35. The molecule has 186 valence electrons. The Bertz CT molecular complexity index is 1020. The van der Waals surface area contributed by atoms with Gasteiger partial charge in [0.1, 0.15) is 0 Å². The number of nitrogens with one attached hydrogen (secondary N) is 3. The predicted molar refractivity (Wildman–Crippen MR) is 127 cm³/mol. The maximum absolute atomic E-state index is 12.1. The Balaban J connectivity index is 1.61. The fourth-order valence-electron chi connectivity index (χ4n) is 2.67. The third-order valence-electron chi connectivity index (χ3n) is 4.45. The van der Waals surface area contributed by atoms with E-state index in [1.54, 1.807) is 54.6 Å². The van der Waals surface area contributed by atoms with Crippen molar-refractivity contribution in [1.82, 2.24) is 10.9 Å². The Morgan fingerprint density at radius 1 is 0.771 bits per heavy atom. The largest absolute Gasteiger partial charge is 0.462 e. The summed E-state index contributed by atoms with van der Waals surface area (Å²) in [6.45, 7) is 3.65. The number of hydrogen-bond donors (Lipinski definition) is 3. The summed E-state index contributed by atoms with van der Waals surface area (Å²) in [6, 6.07) is 14.6. The van der Waals surface area contributed by atoms with Gasteiger partial charge in [-0.25, -0.2) is 4.79 Å². The standard InChI is InChI=1S/C25H29N3O7/c1-17(2)15-35-25(33)19-11-13-20(14-12-19)26-21(29)9-6-10-23(31)34-16-22(30)27-28-24(32)18-7-4-3-5-8-18/h3-5,7-8,11-14,17H,6,9-10,15-16H2,1-2H3,(H,26,29)(H,27,30)(H,28,32). The van der Waals surface area contributed by atoms with E-state index in [1.807, 2.05) is 13.8 Å². The van der Waals surface area contributed by atoms with Crippen LogP contribution in [0.2, 0.25) is 0 Å². The van der Waals surface area contributed by atoms with Gasteiger partial charge in [0, 0.05) is 24.1 Å². The van der Waals surface area contributed by atoms with Crippen LogP contribution in [0.5, 0.6) is 0 Å². The van der Waals surface area contributed by atoms with E-state index in [9.17, 15) is 24.0 Å². The van der Waals surface area contributed by atoms with Crippen LogP contribution < -0.4 is 16.2 Å². The molecule has 2 aromatic carbocycles. The van der Waals surface area contributed by atoms with Gasteiger partial charge in [0.25, 0.3) is 11.8 Å². The molecule has 0 aliphatic heterocycles. The number of hydrazine groups is 1. The molecular weight excluding hydrogens is 454 g/mol. The van der Waals surface area contributed by atoms with Crippen LogP contribution in [-0.2, 0) is 23.9 Å². The maximum Gasteiger partial charge on any atom is 0.338 e. The van der Waals surface area contributed by atoms with E-state index >= 15 is 0 Å². The zero-order chi connectivity index (χ0) is 25.6. The van der Waals surface area contributed by atoms with Crippen molar-refractivity contribution >= 4 is 35.3 Å². The van der Waals surface area contributed by atoms with Crippen LogP contribution in [0.15, 0.2) is 54.6 Å². The first-order valence-corrected chi connectivity index (χ1v) is 11.1. The lowest BCUT2D eigenvalue weighted by atomic mass is 10.2. The molecule has 0 heterocycles. The molecule has 0 saturated carbocycles. The van der Waals surface area contributed by atoms with Crippen molar-refractivity contribution in [1.29, 1.82) is 0 Å². The lowest BCUT2D eigenvalue weighted by Crippen LogP contribution is -2.43. The van der Waals surface area contributed by atoms with Crippen LogP contribution in [0, 0.1) is 5.92 Å². The zero-order valence-electron chi connectivity index (χ0n) is 19.7. The number of carbonyl (C=O) groups is 5. The number of benzene rings is 2. The minimum Gasteiger partial charge on any atom is -0.462 e. The van der Waals surface area contributed by atoms with Crippen LogP contribution in [-0.4, -0.2) is 42.9 Å². The summed E-state index contributed by atoms with van der Waals surface area (Å²) in [5, 5.41) is 2.68. The van der Waals surface area contributed by atoms with Gasteiger partial charge in [0.05, 0.1) is 12.2 Å². The van der Waals surface area contributed by atoms with Crippen molar-refractivity contribution < 1.29 is 33.4 Å². The van der Waals surface area contributed by atoms with Crippen molar-refractivity contribution in [2.24, 2.45) is 5.92 Å². The topological polar surface area (TPSA) is 140 Å². The monoisotopic (exact) mass is 483 g/mol. The van der Waals surface area contributed by atoms with Crippen molar-refractivity contribution in [3.05, 3.63) is 65.7 Å². The first kappa shape index (κ1) is 27.0. The molecule has 10 nitrogen and oxygen atoms in total. The summed E-state index contributed by atoms with van der Waals surface area (Å²) in [4.78, 5) is 59.3. The summed E-state index contributed by atoms with van der Waals surface area (Å²) < 4.78 is 9.98. The van der Waals surface area contributed by atoms with E-state index in [1.165, 1.54) is 0 Å². The van der Waals surface area contributed by atoms with Crippen molar-refractivity contribution in [3.8, 4) is 0 Å². The lowest BCUT2D eigenvalue weighted by molar-refractivity contribution is -0.148. The smallest absolute Gasteiger partial charge is 0.338 e. The molecule has 10 heteroatoms. The molecule has 0 radical (unpaired) electrons. The molecule has 0 aromatic heterocycles. The molecule has 0 aliphatic carbocycles. The molecule has 0 fully saturated rings. The number of carbonyl (C=O) groups excluding carboxylic acids is 5. The van der Waals surface area contributed by atoms with E-state index < -0.39 is 30.4 Å². The molecule has 0 spiro atoms. The number of amides is 3. The minimum atomic E-state index is -0.697. The Morgan fingerprint density at radius 2 is 1.46 bits per heavy atom. The zero-order valence-corrected chi connectivity index (χ0v) is 19.7. The first-order chi connectivity index (χ1) is 16.7. The average Bonchev–Trinajstić information content (AvgIpc) is 2.85. The lowest BCUT2D eigenvalue weighted by Gasteiger charge is -2.09. The normalized spacial score (nSPS) is 10.3. The van der Waals surface area contributed by atoms with E-state index in [0.717, 1.165) is 0 Å². The molecule has 35 heavy (non-hydrogen) atoms. The molecule has 0 atom stereocenters. The fraction of sp³-hybridized carbons (Fsp3) is 0.320. The Hall–Kier alpha value is -4.21. The van der Waals surface area contributed by atoms with E-state index in [4.69, 9.17) is 9.47 Å². The Labute approximate surface area is 203 Å². The second kappa shape index (κ2) is 14.1. The van der Waals surface area contributed by atoms with E-state index in [2.05, 4.69) is 16.2 Å².